The zero-order valence-electron chi connectivity index (χ0n) is 10.4. The van der Waals surface area contributed by atoms with Crippen LogP contribution in [0.1, 0.15) is 23.3 Å². The van der Waals surface area contributed by atoms with Crippen molar-refractivity contribution in [2.24, 2.45) is 0 Å². The van der Waals surface area contributed by atoms with Gasteiger partial charge in [-0.2, -0.15) is 0 Å². The fraction of sp³-hybridized carbons (Fsp3) is 0.500. The summed E-state index contributed by atoms with van der Waals surface area (Å²) in [5.74, 6) is 0.432. The average molecular weight is 235 g/mol. The summed E-state index contributed by atoms with van der Waals surface area (Å²) in [5.41, 5.74) is 1.22. The molecule has 0 atom stereocenters. The maximum atomic E-state index is 11.9. The molecule has 1 heterocycles. The molecule has 0 saturated heterocycles. The zero-order chi connectivity index (χ0) is 12.4. The van der Waals surface area contributed by atoms with Crippen LogP contribution in [0.3, 0.4) is 0 Å². The molecule has 92 valence electrons. The summed E-state index contributed by atoms with van der Waals surface area (Å²) >= 11 is 0. The molecule has 1 amide bonds. The van der Waals surface area contributed by atoms with Crippen molar-refractivity contribution in [1.29, 1.82) is 0 Å². The van der Waals surface area contributed by atoms with E-state index in [4.69, 9.17) is 4.74 Å². The molecule has 0 bridgehead atoms. The second-order valence-corrected chi connectivity index (χ2v) is 4.34. The van der Waals surface area contributed by atoms with E-state index in [2.05, 4.69) is 10.3 Å². The molecule has 0 aliphatic heterocycles. The Kier molecular flexibility index (Phi) is 3.17. The van der Waals surface area contributed by atoms with Crippen LogP contribution >= 0.6 is 0 Å². The molecule has 1 aromatic heterocycles. The Hall–Kier alpha value is -1.78. The van der Waals surface area contributed by atoms with Gasteiger partial charge in [0.25, 0.3) is 5.91 Å². The van der Waals surface area contributed by atoms with Gasteiger partial charge < -0.3 is 15.0 Å². The molecule has 1 fully saturated rings. The van der Waals surface area contributed by atoms with Gasteiger partial charge in [-0.1, -0.05) is 0 Å². The molecule has 2 rings (SSSR count). The van der Waals surface area contributed by atoms with Crippen molar-refractivity contribution < 1.29 is 9.53 Å². The number of nitrogens with zero attached hydrogens (tertiary/aromatic N) is 2. The minimum atomic E-state index is -0.136. The van der Waals surface area contributed by atoms with Crippen molar-refractivity contribution in [3.8, 4) is 5.75 Å². The highest BCUT2D eigenvalue weighted by atomic mass is 16.5. The van der Waals surface area contributed by atoms with E-state index in [1.54, 1.807) is 20.3 Å². The summed E-state index contributed by atoms with van der Waals surface area (Å²) in [6.07, 6.45) is 3.99. The number of hydrogen-bond donors (Lipinski definition) is 1. The second kappa shape index (κ2) is 4.61. The topological polar surface area (TPSA) is 54.5 Å². The molecular formula is C12H17N3O2. The smallest absolute Gasteiger partial charge is 0.275 e. The summed E-state index contributed by atoms with van der Waals surface area (Å²) < 4.78 is 5.72. The number of pyridine rings is 1. The molecule has 0 radical (unpaired) electrons. The van der Waals surface area contributed by atoms with Crippen LogP contribution in [0.15, 0.2) is 12.3 Å². The highest BCUT2D eigenvalue weighted by Gasteiger charge is 2.27. The number of hydrogen-bond acceptors (Lipinski definition) is 4. The first-order valence-electron chi connectivity index (χ1n) is 5.68. The summed E-state index contributed by atoms with van der Waals surface area (Å²) in [6.45, 7) is 0. The Balaban J connectivity index is 2.31. The van der Waals surface area contributed by atoms with Crippen molar-refractivity contribution in [3.05, 3.63) is 18.0 Å². The standard InChI is InChI=1S/C12H17N3O2/c1-13-8-6-10(17-9-4-5-9)11(14-7-8)12(16)15(2)3/h6-7,9,13H,4-5H2,1-3H3. The summed E-state index contributed by atoms with van der Waals surface area (Å²) in [5, 5.41) is 2.99. The Morgan fingerprint density at radius 3 is 2.76 bits per heavy atom. The predicted octanol–water partition coefficient (Wildman–Crippen LogP) is 1.37. The number of aromatic nitrogens is 1. The van der Waals surface area contributed by atoms with Crippen molar-refractivity contribution in [3.63, 3.8) is 0 Å². The van der Waals surface area contributed by atoms with E-state index in [0.29, 0.717) is 11.4 Å². The van der Waals surface area contributed by atoms with Gasteiger partial charge in [0.1, 0.15) is 0 Å². The number of amides is 1. The normalized spacial score (nSPS) is 14.3. The van der Waals surface area contributed by atoms with E-state index in [1.165, 1.54) is 4.90 Å². The molecule has 1 aliphatic rings. The summed E-state index contributed by atoms with van der Waals surface area (Å²) in [4.78, 5) is 17.6. The number of ether oxygens (including phenoxy) is 1. The Bertz CT molecular complexity index is 428. The molecule has 1 saturated carbocycles. The van der Waals surface area contributed by atoms with Gasteiger partial charge in [-0.05, 0) is 12.8 Å². The van der Waals surface area contributed by atoms with Crippen LogP contribution < -0.4 is 10.1 Å². The lowest BCUT2D eigenvalue weighted by Gasteiger charge is -2.14. The van der Waals surface area contributed by atoms with E-state index in [1.807, 2.05) is 13.1 Å². The predicted molar refractivity (Wildman–Crippen MR) is 65.5 cm³/mol. The molecule has 5 heteroatoms. The molecule has 0 spiro atoms. The van der Waals surface area contributed by atoms with Gasteiger partial charge in [0, 0.05) is 27.2 Å². The second-order valence-electron chi connectivity index (χ2n) is 4.34. The fourth-order valence-corrected chi connectivity index (χ4v) is 1.41. The lowest BCUT2D eigenvalue weighted by Crippen LogP contribution is -2.23. The van der Waals surface area contributed by atoms with E-state index >= 15 is 0 Å². The van der Waals surface area contributed by atoms with E-state index in [0.717, 1.165) is 18.5 Å². The van der Waals surface area contributed by atoms with Crippen LogP contribution in [0.2, 0.25) is 0 Å². The summed E-state index contributed by atoms with van der Waals surface area (Å²) in [7, 11) is 5.22. The van der Waals surface area contributed by atoms with Gasteiger partial charge >= 0.3 is 0 Å². The quantitative estimate of drug-likeness (QED) is 0.856. The molecular weight excluding hydrogens is 218 g/mol. The molecule has 1 N–H and O–H groups in total. The van der Waals surface area contributed by atoms with Crippen LogP contribution in [-0.4, -0.2) is 43.0 Å². The lowest BCUT2D eigenvalue weighted by molar-refractivity contribution is 0.0816. The van der Waals surface area contributed by atoms with Crippen molar-refractivity contribution in [2.75, 3.05) is 26.5 Å². The minimum Gasteiger partial charge on any atom is -0.488 e. The Labute approximate surface area is 101 Å². The maximum Gasteiger partial charge on any atom is 0.275 e. The van der Waals surface area contributed by atoms with E-state index in [-0.39, 0.29) is 12.0 Å². The minimum absolute atomic E-state index is 0.136. The number of anilines is 1. The van der Waals surface area contributed by atoms with Gasteiger partial charge in [0.15, 0.2) is 11.4 Å². The molecule has 17 heavy (non-hydrogen) atoms. The lowest BCUT2D eigenvalue weighted by atomic mass is 10.2. The maximum absolute atomic E-state index is 11.9. The van der Waals surface area contributed by atoms with Gasteiger partial charge in [-0.25, -0.2) is 4.98 Å². The van der Waals surface area contributed by atoms with Crippen LogP contribution in [0, 0.1) is 0 Å². The van der Waals surface area contributed by atoms with Crippen molar-refractivity contribution >= 4 is 11.6 Å². The highest BCUT2D eigenvalue weighted by Crippen LogP contribution is 2.30. The number of carbonyl (C=O) groups excluding carboxylic acids is 1. The zero-order valence-corrected chi connectivity index (χ0v) is 10.4. The largest absolute Gasteiger partial charge is 0.488 e. The van der Waals surface area contributed by atoms with E-state index < -0.39 is 0 Å². The first-order chi connectivity index (χ1) is 8.11. The number of nitrogens with one attached hydrogen (secondary N) is 1. The van der Waals surface area contributed by atoms with Gasteiger partial charge in [-0.3, -0.25) is 4.79 Å². The third-order valence-corrected chi connectivity index (χ3v) is 2.57. The molecule has 0 aromatic carbocycles. The Morgan fingerprint density at radius 2 is 2.24 bits per heavy atom. The highest BCUT2D eigenvalue weighted by molar-refractivity contribution is 5.95. The van der Waals surface area contributed by atoms with Crippen LogP contribution in [0.5, 0.6) is 5.75 Å². The van der Waals surface area contributed by atoms with Crippen LogP contribution in [0.25, 0.3) is 0 Å². The van der Waals surface area contributed by atoms with E-state index in [9.17, 15) is 4.79 Å². The number of rotatable bonds is 4. The van der Waals surface area contributed by atoms with Crippen LogP contribution in [0.4, 0.5) is 5.69 Å². The molecule has 1 aliphatic carbocycles. The third-order valence-electron chi connectivity index (χ3n) is 2.57. The first-order valence-corrected chi connectivity index (χ1v) is 5.68. The average Bonchev–Trinajstić information content (AvgIpc) is 3.11. The monoisotopic (exact) mass is 235 g/mol. The first kappa shape index (κ1) is 11.7. The SMILES string of the molecule is CNc1cnc(C(=O)N(C)C)c(OC2CC2)c1. The Morgan fingerprint density at radius 1 is 1.53 bits per heavy atom. The van der Waals surface area contributed by atoms with Crippen molar-refractivity contribution in [1.82, 2.24) is 9.88 Å². The molecule has 0 unspecified atom stereocenters. The fourth-order valence-electron chi connectivity index (χ4n) is 1.41. The molecule has 1 aromatic rings. The third kappa shape index (κ3) is 2.67. The van der Waals surface area contributed by atoms with Gasteiger partial charge in [-0.15, -0.1) is 0 Å². The summed E-state index contributed by atoms with van der Waals surface area (Å²) in [6, 6.07) is 1.82. The molecule has 5 nitrogen and oxygen atoms in total. The van der Waals surface area contributed by atoms with Crippen LogP contribution in [-0.2, 0) is 0 Å². The van der Waals surface area contributed by atoms with Gasteiger partial charge in [0.2, 0.25) is 0 Å². The number of carbonyl (C=O) groups is 1. The van der Waals surface area contributed by atoms with Crippen molar-refractivity contribution in [2.45, 2.75) is 18.9 Å². The van der Waals surface area contributed by atoms with Gasteiger partial charge in [0.05, 0.1) is 18.0 Å².